The third-order valence-electron chi connectivity index (χ3n) is 4.46. The van der Waals surface area contributed by atoms with Gasteiger partial charge in [-0.3, -0.25) is 19.7 Å². The minimum Gasteiger partial charge on any atom is -0.351 e. The van der Waals surface area contributed by atoms with E-state index in [0.29, 0.717) is 17.7 Å². The number of hydrogen-bond donors (Lipinski definition) is 2. The summed E-state index contributed by atoms with van der Waals surface area (Å²) in [6, 6.07) is 14.1. The van der Waals surface area contributed by atoms with Crippen molar-refractivity contribution in [3.63, 3.8) is 0 Å². The first-order valence-electron chi connectivity index (χ1n) is 9.48. The van der Waals surface area contributed by atoms with E-state index in [1.54, 1.807) is 24.3 Å². The molecule has 0 saturated heterocycles. The molecule has 1 aliphatic heterocycles. The van der Waals surface area contributed by atoms with Crippen LogP contribution in [-0.2, 0) is 4.79 Å². The van der Waals surface area contributed by atoms with Crippen molar-refractivity contribution in [3.05, 3.63) is 80.9 Å². The molecule has 9 heteroatoms. The number of nitriles is 1. The number of nitrogens with zero attached hydrogens (tertiary/aromatic N) is 3. The summed E-state index contributed by atoms with van der Waals surface area (Å²) < 4.78 is 0. The number of hydrogen-bond acceptors (Lipinski definition) is 6. The molecular formula is C22H19N5O4. The molecule has 0 unspecified atom stereocenters. The topological polar surface area (TPSA) is 137 Å². The van der Waals surface area contributed by atoms with Gasteiger partial charge in [0.25, 0.3) is 17.5 Å². The Kier molecular flexibility index (Phi) is 6.21. The van der Waals surface area contributed by atoms with E-state index in [2.05, 4.69) is 15.6 Å². The fraction of sp³-hybridized carbons (Fsp3) is 0.182. The van der Waals surface area contributed by atoms with Crippen LogP contribution in [0.1, 0.15) is 35.3 Å². The van der Waals surface area contributed by atoms with Gasteiger partial charge in [-0.05, 0) is 12.0 Å². The van der Waals surface area contributed by atoms with E-state index in [9.17, 15) is 25.0 Å². The van der Waals surface area contributed by atoms with Crippen LogP contribution in [0.25, 0.3) is 5.70 Å². The predicted octanol–water partition coefficient (Wildman–Crippen LogP) is 2.79. The molecule has 2 amide bonds. The number of amidine groups is 1. The second-order valence-corrected chi connectivity index (χ2v) is 7.21. The molecule has 0 atom stereocenters. The van der Waals surface area contributed by atoms with Crippen LogP contribution in [0.5, 0.6) is 0 Å². The van der Waals surface area contributed by atoms with Crippen LogP contribution in [0.2, 0.25) is 0 Å². The van der Waals surface area contributed by atoms with Gasteiger partial charge in [0.2, 0.25) is 0 Å². The van der Waals surface area contributed by atoms with Gasteiger partial charge in [0.1, 0.15) is 17.5 Å². The van der Waals surface area contributed by atoms with Gasteiger partial charge in [0.05, 0.1) is 10.6 Å². The maximum atomic E-state index is 12.7. The normalized spacial score (nSPS) is 13.7. The Morgan fingerprint density at radius 2 is 1.87 bits per heavy atom. The van der Waals surface area contributed by atoms with Crippen LogP contribution >= 0.6 is 0 Å². The highest BCUT2D eigenvalue weighted by molar-refractivity contribution is 6.20. The van der Waals surface area contributed by atoms with Gasteiger partial charge in [-0.15, -0.1) is 0 Å². The van der Waals surface area contributed by atoms with Crippen molar-refractivity contribution in [2.75, 3.05) is 6.54 Å². The Bertz CT molecular complexity index is 1170. The molecule has 0 fully saturated rings. The lowest BCUT2D eigenvalue weighted by Gasteiger charge is -2.08. The highest BCUT2D eigenvalue weighted by Crippen LogP contribution is 2.30. The molecule has 0 saturated carbocycles. The van der Waals surface area contributed by atoms with E-state index in [-0.39, 0.29) is 34.3 Å². The molecule has 2 aromatic carbocycles. The van der Waals surface area contributed by atoms with Crippen molar-refractivity contribution in [3.8, 4) is 6.07 Å². The number of nitrogens with one attached hydrogen (secondary N) is 2. The summed E-state index contributed by atoms with van der Waals surface area (Å²) in [5.74, 6) is -0.776. The second kappa shape index (κ2) is 9.00. The van der Waals surface area contributed by atoms with Crippen LogP contribution < -0.4 is 10.6 Å². The van der Waals surface area contributed by atoms with E-state index in [4.69, 9.17) is 0 Å². The smallest absolute Gasteiger partial charge is 0.270 e. The van der Waals surface area contributed by atoms with Crippen molar-refractivity contribution in [2.24, 2.45) is 10.9 Å². The molecule has 0 aromatic heterocycles. The van der Waals surface area contributed by atoms with Crippen molar-refractivity contribution in [1.29, 1.82) is 5.26 Å². The summed E-state index contributed by atoms with van der Waals surface area (Å²) in [7, 11) is 0. The summed E-state index contributed by atoms with van der Waals surface area (Å²) in [4.78, 5) is 39.9. The number of fused-ring (bicyclic) bond motifs is 1. The van der Waals surface area contributed by atoms with Crippen LogP contribution in [0.4, 0.5) is 5.69 Å². The Morgan fingerprint density at radius 3 is 2.52 bits per heavy atom. The van der Waals surface area contributed by atoms with Gasteiger partial charge in [-0.25, -0.2) is 4.99 Å². The molecular weight excluding hydrogens is 398 g/mol. The highest BCUT2D eigenvalue weighted by atomic mass is 16.6. The van der Waals surface area contributed by atoms with E-state index in [0.717, 1.165) is 6.07 Å². The minimum atomic E-state index is -0.596. The molecule has 1 aliphatic rings. The Labute approximate surface area is 178 Å². The standard InChI is InChI=1S/C22H19N5O4/c1-13(2)12-24-22(29)18(11-23)19-16-8-3-4-9-17(16)20(25-19)26-21(28)14-6-5-7-15(10-14)27(30)31/h3-10,13H,12H2,1-2H3,(H,24,29)(H,25,26,28). The summed E-state index contributed by atoms with van der Waals surface area (Å²) >= 11 is 0. The first-order chi connectivity index (χ1) is 14.8. The number of nitro groups is 1. The van der Waals surface area contributed by atoms with Gasteiger partial charge >= 0.3 is 0 Å². The number of carbonyl (C=O) groups is 2. The Hall–Kier alpha value is -4.32. The molecule has 0 bridgehead atoms. The lowest BCUT2D eigenvalue weighted by molar-refractivity contribution is -0.384. The van der Waals surface area contributed by atoms with Gasteiger partial charge < -0.3 is 10.6 Å². The van der Waals surface area contributed by atoms with E-state index in [1.165, 1.54) is 18.2 Å². The number of rotatable bonds is 5. The lowest BCUT2D eigenvalue weighted by Crippen LogP contribution is -2.30. The zero-order valence-electron chi connectivity index (χ0n) is 16.9. The number of non-ortho nitro benzene ring substituents is 1. The highest BCUT2D eigenvalue weighted by Gasteiger charge is 2.27. The van der Waals surface area contributed by atoms with Gasteiger partial charge in [0, 0.05) is 35.4 Å². The molecule has 2 aromatic rings. The summed E-state index contributed by atoms with van der Waals surface area (Å²) in [5, 5.41) is 25.9. The Morgan fingerprint density at radius 1 is 1.16 bits per heavy atom. The summed E-state index contributed by atoms with van der Waals surface area (Å²) in [6.45, 7) is 4.27. The lowest BCUT2D eigenvalue weighted by atomic mass is 10.0. The number of aliphatic imine (C=N–C) groups is 1. The van der Waals surface area contributed by atoms with Gasteiger partial charge in [-0.2, -0.15) is 5.26 Å². The second-order valence-electron chi connectivity index (χ2n) is 7.21. The fourth-order valence-corrected chi connectivity index (χ4v) is 2.95. The zero-order valence-corrected chi connectivity index (χ0v) is 16.9. The molecule has 3 rings (SSSR count). The molecule has 9 nitrogen and oxygen atoms in total. The van der Waals surface area contributed by atoms with Gasteiger partial charge in [-0.1, -0.05) is 44.2 Å². The fourth-order valence-electron chi connectivity index (χ4n) is 2.95. The maximum absolute atomic E-state index is 12.7. The Balaban J connectivity index is 1.97. The van der Waals surface area contributed by atoms with Crippen LogP contribution in [0, 0.1) is 27.4 Å². The van der Waals surface area contributed by atoms with E-state index >= 15 is 0 Å². The van der Waals surface area contributed by atoms with Crippen molar-refractivity contribution in [2.45, 2.75) is 13.8 Å². The maximum Gasteiger partial charge on any atom is 0.270 e. The SMILES string of the molecule is CC(C)CNC(=O)C(C#N)=C1N=C(NC(=O)c2cccc([N+](=O)[O-])c2)c2ccccc21. The number of nitro benzene ring substituents is 1. The quantitative estimate of drug-likeness (QED) is 0.333. The number of benzene rings is 2. The molecule has 2 N–H and O–H groups in total. The van der Waals surface area contributed by atoms with Gasteiger partial charge in [0.15, 0.2) is 0 Å². The number of amides is 2. The van der Waals surface area contributed by atoms with Crippen LogP contribution in [0.15, 0.2) is 59.1 Å². The third-order valence-corrected chi connectivity index (χ3v) is 4.46. The largest absolute Gasteiger partial charge is 0.351 e. The average Bonchev–Trinajstić information content (AvgIpc) is 3.11. The molecule has 0 radical (unpaired) electrons. The predicted molar refractivity (Wildman–Crippen MR) is 114 cm³/mol. The third kappa shape index (κ3) is 4.64. The molecule has 31 heavy (non-hydrogen) atoms. The van der Waals surface area contributed by atoms with Crippen molar-refractivity contribution in [1.82, 2.24) is 10.6 Å². The van der Waals surface area contributed by atoms with E-state index in [1.807, 2.05) is 19.9 Å². The molecule has 1 heterocycles. The van der Waals surface area contributed by atoms with Crippen molar-refractivity contribution >= 4 is 29.0 Å². The first-order valence-corrected chi connectivity index (χ1v) is 9.48. The van der Waals surface area contributed by atoms with E-state index < -0.39 is 16.7 Å². The van der Waals surface area contributed by atoms with Crippen LogP contribution in [-0.4, -0.2) is 29.1 Å². The van der Waals surface area contributed by atoms with Crippen molar-refractivity contribution < 1.29 is 14.5 Å². The molecule has 0 aliphatic carbocycles. The van der Waals surface area contributed by atoms with Crippen LogP contribution in [0.3, 0.4) is 0 Å². The zero-order chi connectivity index (χ0) is 22.5. The molecule has 0 spiro atoms. The minimum absolute atomic E-state index is 0.0852. The average molecular weight is 417 g/mol. The summed E-state index contributed by atoms with van der Waals surface area (Å²) in [6.07, 6.45) is 0. The number of carbonyl (C=O) groups excluding carboxylic acids is 2. The summed E-state index contributed by atoms with van der Waals surface area (Å²) in [5.41, 5.74) is 0.952. The first kappa shape index (κ1) is 21.4. The monoisotopic (exact) mass is 417 g/mol. The molecule has 156 valence electrons.